The molecule has 1 aromatic carbocycles. The number of carbonyl (C=O) groups is 3. The van der Waals surface area contributed by atoms with E-state index >= 15 is 0 Å². The summed E-state index contributed by atoms with van der Waals surface area (Å²) in [4.78, 5) is 36.9. The van der Waals surface area contributed by atoms with Crippen LogP contribution < -0.4 is 11.1 Å². The summed E-state index contributed by atoms with van der Waals surface area (Å²) in [7, 11) is 0. The fraction of sp³-hybridized carbons (Fsp3) is 0.400. The molecule has 0 aliphatic carbocycles. The van der Waals surface area contributed by atoms with Crippen LogP contribution in [0.3, 0.4) is 0 Å². The van der Waals surface area contributed by atoms with Gasteiger partial charge in [-0.15, -0.1) is 0 Å². The molecule has 1 unspecified atom stereocenters. The van der Waals surface area contributed by atoms with Crippen LogP contribution in [-0.4, -0.2) is 35.7 Å². The van der Waals surface area contributed by atoms with Gasteiger partial charge in [0.05, 0.1) is 11.8 Å². The molecule has 0 spiro atoms. The van der Waals surface area contributed by atoms with Crippen molar-refractivity contribution in [1.29, 1.82) is 0 Å². The number of likely N-dealkylation sites (tertiary alicyclic amines) is 1. The molecule has 1 saturated heterocycles. The zero-order valence-corrected chi connectivity index (χ0v) is 11.8. The Kier molecular flexibility index (Phi) is 2.97. The zero-order valence-electron chi connectivity index (χ0n) is 11.8. The highest BCUT2D eigenvalue weighted by Crippen LogP contribution is 2.31. The smallest absolute Gasteiger partial charge is 0.253 e. The Bertz CT molecular complexity index is 656. The minimum atomic E-state index is -0.652. The lowest BCUT2D eigenvalue weighted by Crippen LogP contribution is -2.38. The van der Waals surface area contributed by atoms with Gasteiger partial charge in [0.15, 0.2) is 0 Å². The molecule has 1 aromatic rings. The normalized spacial score (nSPS) is 23.9. The van der Waals surface area contributed by atoms with Crippen molar-refractivity contribution in [2.75, 3.05) is 18.4 Å². The molecule has 2 heterocycles. The van der Waals surface area contributed by atoms with Gasteiger partial charge in [-0.05, 0) is 31.0 Å². The Morgan fingerprint density at radius 3 is 2.81 bits per heavy atom. The Morgan fingerprint density at radius 1 is 1.38 bits per heavy atom. The number of nitrogens with two attached hydrogens (primary N) is 1. The number of rotatable bonds is 2. The van der Waals surface area contributed by atoms with Crippen molar-refractivity contribution < 1.29 is 14.4 Å². The fourth-order valence-corrected chi connectivity index (χ4v) is 2.87. The molecule has 1 atom stereocenters. The van der Waals surface area contributed by atoms with Gasteiger partial charge in [-0.3, -0.25) is 14.4 Å². The largest absolute Gasteiger partial charge is 0.369 e. The minimum Gasteiger partial charge on any atom is -0.369 e. The molecule has 0 aromatic heterocycles. The fourth-order valence-electron chi connectivity index (χ4n) is 2.87. The summed E-state index contributed by atoms with van der Waals surface area (Å²) in [6.07, 6.45) is 0.934. The number of carbonyl (C=O) groups excluding carboxylic acids is 3. The van der Waals surface area contributed by atoms with Crippen molar-refractivity contribution >= 4 is 23.4 Å². The quantitative estimate of drug-likeness (QED) is 0.830. The van der Waals surface area contributed by atoms with E-state index < -0.39 is 5.41 Å². The Balaban J connectivity index is 1.80. The molecule has 110 valence electrons. The monoisotopic (exact) mass is 287 g/mol. The number of anilines is 1. The van der Waals surface area contributed by atoms with Crippen LogP contribution in [0.1, 0.15) is 29.3 Å². The highest BCUT2D eigenvalue weighted by Gasteiger charge is 2.40. The maximum Gasteiger partial charge on any atom is 0.253 e. The van der Waals surface area contributed by atoms with Crippen molar-refractivity contribution in [2.24, 2.45) is 11.1 Å². The lowest BCUT2D eigenvalue weighted by Gasteiger charge is -2.21. The van der Waals surface area contributed by atoms with Gasteiger partial charge in [0.25, 0.3) is 5.91 Å². The van der Waals surface area contributed by atoms with Crippen LogP contribution >= 0.6 is 0 Å². The maximum atomic E-state index is 12.5. The molecule has 6 nitrogen and oxygen atoms in total. The van der Waals surface area contributed by atoms with Crippen LogP contribution in [0.15, 0.2) is 18.2 Å². The van der Waals surface area contributed by atoms with Crippen molar-refractivity contribution in [3.63, 3.8) is 0 Å². The molecule has 2 aliphatic heterocycles. The van der Waals surface area contributed by atoms with E-state index in [-0.39, 0.29) is 17.7 Å². The SMILES string of the molecule is CC1(C(N)=O)CCN(C(=O)c2ccc3c(c2)NC(=O)C3)C1. The number of nitrogens with one attached hydrogen (secondary N) is 1. The molecule has 3 N–H and O–H groups in total. The van der Waals surface area contributed by atoms with E-state index in [1.165, 1.54) is 0 Å². The second-order valence-electron chi connectivity index (χ2n) is 6.00. The molecule has 0 radical (unpaired) electrons. The van der Waals surface area contributed by atoms with Crippen LogP contribution in [0.4, 0.5) is 5.69 Å². The van der Waals surface area contributed by atoms with Crippen LogP contribution in [0.25, 0.3) is 0 Å². The molecule has 0 saturated carbocycles. The number of hydrogen-bond donors (Lipinski definition) is 2. The molecule has 2 aliphatic rings. The lowest BCUT2D eigenvalue weighted by atomic mass is 9.89. The van der Waals surface area contributed by atoms with E-state index in [1.807, 2.05) is 0 Å². The minimum absolute atomic E-state index is 0.0583. The van der Waals surface area contributed by atoms with Gasteiger partial charge in [-0.25, -0.2) is 0 Å². The van der Waals surface area contributed by atoms with Gasteiger partial charge in [-0.2, -0.15) is 0 Å². The predicted molar refractivity (Wildman–Crippen MR) is 76.6 cm³/mol. The summed E-state index contributed by atoms with van der Waals surface area (Å²) in [5, 5.41) is 2.73. The van der Waals surface area contributed by atoms with Gasteiger partial charge in [-0.1, -0.05) is 6.07 Å². The number of benzene rings is 1. The van der Waals surface area contributed by atoms with E-state index in [9.17, 15) is 14.4 Å². The zero-order chi connectivity index (χ0) is 15.2. The van der Waals surface area contributed by atoms with Crippen molar-refractivity contribution in [1.82, 2.24) is 4.90 Å². The van der Waals surface area contributed by atoms with E-state index in [2.05, 4.69) is 5.32 Å². The van der Waals surface area contributed by atoms with Crippen LogP contribution in [0.2, 0.25) is 0 Å². The summed E-state index contributed by atoms with van der Waals surface area (Å²) in [5.41, 5.74) is 6.86. The summed E-state index contributed by atoms with van der Waals surface area (Å²) in [6.45, 7) is 2.64. The van der Waals surface area contributed by atoms with Crippen molar-refractivity contribution in [2.45, 2.75) is 19.8 Å². The molecular weight excluding hydrogens is 270 g/mol. The second-order valence-corrected chi connectivity index (χ2v) is 6.00. The van der Waals surface area contributed by atoms with E-state index in [0.29, 0.717) is 37.2 Å². The number of hydrogen-bond acceptors (Lipinski definition) is 3. The molecule has 1 fully saturated rings. The Morgan fingerprint density at radius 2 is 2.14 bits per heavy atom. The van der Waals surface area contributed by atoms with Crippen LogP contribution in [0.5, 0.6) is 0 Å². The third kappa shape index (κ3) is 2.26. The summed E-state index contributed by atoms with van der Waals surface area (Å²) >= 11 is 0. The molecule has 21 heavy (non-hydrogen) atoms. The molecule has 0 bridgehead atoms. The van der Waals surface area contributed by atoms with Gasteiger partial charge in [0.1, 0.15) is 0 Å². The number of nitrogens with zero attached hydrogens (tertiary/aromatic N) is 1. The molecule has 3 amide bonds. The van der Waals surface area contributed by atoms with Gasteiger partial charge < -0.3 is 16.0 Å². The maximum absolute atomic E-state index is 12.5. The topological polar surface area (TPSA) is 92.5 Å². The average molecular weight is 287 g/mol. The van der Waals surface area contributed by atoms with Gasteiger partial charge in [0, 0.05) is 24.3 Å². The third-order valence-electron chi connectivity index (χ3n) is 4.34. The van der Waals surface area contributed by atoms with Crippen molar-refractivity contribution in [3.8, 4) is 0 Å². The van der Waals surface area contributed by atoms with Gasteiger partial charge in [0.2, 0.25) is 11.8 Å². The first-order valence-corrected chi connectivity index (χ1v) is 6.91. The number of primary amides is 1. The lowest BCUT2D eigenvalue weighted by molar-refractivity contribution is -0.126. The summed E-state index contributed by atoms with van der Waals surface area (Å²) < 4.78 is 0. The van der Waals surface area contributed by atoms with E-state index in [0.717, 1.165) is 5.56 Å². The van der Waals surface area contributed by atoms with E-state index in [1.54, 1.807) is 30.0 Å². The number of amides is 3. The summed E-state index contributed by atoms with van der Waals surface area (Å²) in [6, 6.07) is 5.22. The highest BCUT2D eigenvalue weighted by atomic mass is 16.2. The first kappa shape index (κ1) is 13.6. The summed E-state index contributed by atoms with van der Waals surface area (Å²) in [5.74, 6) is -0.569. The second kappa shape index (κ2) is 4.58. The Labute approximate surface area is 122 Å². The molecular formula is C15H17N3O3. The molecule has 6 heteroatoms. The molecule has 3 rings (SSSR count). The standard InChI is InChI=1S/C15H17N3O3/c1-15(14(16)21)4-5-18(8-15)13(20)10-3-2-9-7-12(19)17-11(9)6-10/h2-3,6H,4-5,7-8H2,1H3,(H2,16,21)(H,17,19). The first-order chi connectivity index (χ1) is 9.89. The number of fused-ring (bicyclic) bond motifs is 1. The highest BCUT2D eigenvalue weighted by molar-refractivity contribution is 6.02. The van der Waals surface area contributed by atoms with Crippen molar-refractivity contribution in [3.05, 3.63) is 29.3 Å². The van der Waals surface area contributed by atoms with Crippen LogP contribution in [-0.2, 0) is 16.0 Å². The third-order valence-corrected chi connectivity index (χ3v) is 4.34. The van der Waals surface area contributed by atoms with Gasteiger partial charge >= 0.3 is 0 Å². The van der Waals surface area contributed by atoms with E-state index in [4.69, 9.17) is 5.73 Å². The Hall–Kier alpha value is -2.37. The van der Waals surface area contributed by atoms with Crippen LogP contribution in [0, 0.1) is 5.41 Å². The predicted octanol–water partition coefficient (Wildman–Crippen LogP) is 0.519. The average Bonchev–Trinajstić information content (AvgIpc) is 3.00. The first-order valence-electron chi connectivity index (χ1n) is 6.91.